The second-order valence-corrected chi connectivity index (χ2v) is 7.67. The molecular formula is C7H6BrCl2NO2S2. The molecule has 0 fully saturated rings. The summed E-state index contributed by atoms with van der Waals surface area (Å²) in [4.78, 5) is -0.00656. The zero-order valence-corrected chi connectivity index (χ0v) is 12.0. The normalized spacial score (nSPS) is 11.7. The van der Waals surface area contributed by atoms with Crippen LogP contribution in [0.1, 0.15) is 0 Å². The summed E-state index contributed by atoms with van der Waals surface area (Å²) < 4.78 is 26.6. The first-order chi connectivity index (χ1) is 6.83. The van der Waals surface area contributed by atoms with Gasteiger partial charge in [-0.15, -0.1) is 11.3 Å². The van der Waals surface area contributed by atoms with Crippen LogP contribution < -0.4 is 4.72 Å². The van der Waals surface area contributed by atoms with Crippen molar-refractivity contribution in [1.82, 2.24) is 4.72 Å². The third-order valence-electron chi connectivity index (χ3n) is 1.37. The molecule has 0 saturated heterocycles. The maximum Gasteiger partial charge on any atom is 0.243 e. The average Bonchev–Trinajstić information content (AvgIpc) is 2.43. The third kappa shape index (κ3) is 3.72. The van der Waals surface area contributed by atoms with Crippen LogP contribution in [0.3, 0.4) is 0 Å². The van der Waals surface area contributed by atoms with Crippen molar-refractivity contribution in [2.24, 2.45) is 0 Å². The molecule has 0 aliphatic rings. The zero-order valence-electron chi connectivity index (χ0n) is 7.26. The minimum atomic E-state index is -3.61. The Morgan fingerprint density at radius 1 is 1.60 bits per heavy atom. The minimum absolute atomic E-state index is 0.00656. The molecule has 8 heteroatoms. The van der Waals surface area contributed by atoms with Crippen molar-refractivity contribution in [3.63, 3.8) is 0 Å². The highest BCUT2D eigenvalue weighted by Gasteiger charge is 2.20. The lowest BCUT2D eigenvalue weighted by Gasteiger charge is -2.03. The molecule has 1 rings (SSSR count). The molecule has 0 aliphatic heterocycles. The molecule has 0 aromatic carbocycles. The van der Waals surface area contributed by atoms with E-state index in [4.69, 9.17) is 23.2 Å². The number of nitrogens with one attached hydrogen (secondary N) is 1. The van der Waals surface area contributed by atoms with E-state index < -0.39 is 10.0 Å². The van der Waals surface area contributed by atoms with E-state index in [9.17, 15) is 8.42 Å². The van der Waals surface area contributed by atoms with E-state index in [-0.39, 0.29) is 15.8 Å². The van der Waals surface area contributed by atoms with Crippen LogP contribution in [0, 0.1) is 0 Å². The molecule has 84 valence electrons. The van der Waals surface area contributed by atoms with Crippen molar-refractivity contribution in [1.29, 1.82) is 0 Å². The van der Waals surface area contributed by atoms with Crippen LogP contribution in [0.5, 0.6) is 0 Å². The molecule has 0 spiro atoms. The Kier molecular flexibility index (Phi) is 4.64. The van der Waals surface area contributed by atoms with Crippen molar-refractivity contribution in [2.75, 3.05) is 6.54 Å². The lowest BCUT2D eigenvalue weighted by atomic mass is 10.7. The fraction of sp³-hybridized carbons (Fsp3) is 0.143. The fourth-order valence-corrected chi connectivity index (χ4v) is 4.26. The maximum atomic E-state index is 11.7. The lowest BCUT2D eigenvalue weighted by molar-refractivity contribution is 0.586. The molecule has 1 aromatic rings. The molecular weight excluding hydrogens is 345 g/mol. The van der Waals surface area contributed by atoms with Gasteiger partial charge in [-0.1, -0.05) is 45.7 Å². The molecule has 0 amide bonds. The van der Waals surface area contributed by atoms with Crippen LogP contribution in [0.15, 0.2) is 22.0 Å². The van der Waals surface area contributed by atoms with E-state index in [0.717, 1.165) is 11.3 Å². The SMILES string of the molecule is C=C(Br)CNS(=O)(=O)c1cc(Cl)sc1Cl. The van der Waals surface area contributed by atoms with Gasteiger partial charge in [-0.3, -0.25) is 0 Å². The molecule has 1 N–H and O–H groups in total. The van der Waals surface area contributed by atoms with Crippen LogP contribution in [-0.4, -0.2) is 15.0 Å². The zero-order chi connectivity index (χ0) is 11.6. The molecule has 0 unspecified atom stereocenters. The van der Waals surface area contributed by atoms with Gasteiger partial charge in [-0.25, -0.2) is 13.1 Å². The average molecular weight is 351 g/mol. The second kappa shape index (κ2) is 5.16. The largest absolute Gasteiger partial charge is 0.243 e. The standard InChI is InChI=1S/C7H6BrCl2NO2S2/c1-4(8)3-11-15(12,13)5-2-6(9)14-7(5)10/h2,11H,1,3H2. The van der Waals surface area contributed by atoms with Gasteiger partial charge < -0.3 is 0 Å². The van der Waals surface area contributed by atoms with Gasteiger partial charge >= 0.3 is 0 Å². The van der Waals surface area contributed by atoms with E-state index >= 15 is 0 Å². The predicted octanol–water partition coefficient (Wildman–Crippen LogP) is 3.24. The Morgan fingerprint density at radius 2 is 2.20 bits per heavy atom. The van der Waals surface area contributed by atoms with E-state index in [0.29, 0.717) is 8.82 Å². The summed E-state index contributed by atoms with van der Waals surface area (Å²) in [6, 6.07) is 1.31. The van der Waals surface area contributed by atoms with Crippen LogP contribution in [0.4, 0.5) is 0 Å². The quantitative estimate of drug-likeness (QED) is 0.905. The van der Waals surface area contributed by atoms with Crippen molar-refractivity contribution >= 4 is 60.5 Å². The summed E-state index contributed by atoms with van der Waals surface area (Å²) in [5.41, 5.74) is 0. The monoisotopic (exact) mass is 349 g/mol. The Balaban J connectivity index is 2.96. The summed E-state index contributed by atoms with van der Waals surface area (Å²) in [5.74, 6) is 0. The van der Waals surface area contributed by atoms with E-state index in [2.05, 4.69) is 27.2 Å². The lowest BCUT2D eigenvalue weighted by Crippen LogP contribution is -2.24. The highest BCUT2D eigenvalue weighted by atomic mass is 79.9. The van der Waals surface area contributed by atoms with Crippen molar-refractivity contribution in [2.45, 2.75) is 4.90 Å². The first kappa shape index (κ1) is 13.5. The highest BCUT2D eigenvalue weighted by Crippen LogP contribution is 2.34. The molecule has 1 aromatic heterocycles. The number of halogens is 3. The minimum Gasteiger partial charge on any atom is -0.207 e. The molecule has 3 nitrogen and oxygen atoms in total. The molecule has 0 atom stereocenters. The molecule has 0 saturated carbocycles. The Morgan fingerprint density at radius 3 is 2.60 bits per heavy atom. The van der Waals surface area contributed by atoms with E-state index in [1.807, 2.05) is 0 Å². The van der Waals surface area contributed by atoms with Gasteiger partial charge in [0.2, 0.25) is 10.0 Å². The summed E-state index contributed by atoms with van der Waals surface area (Å²) >= 11 is 15.4. The van der Waals surface area contributed by atoms with Crippen LogP contribution in [0.25, 0.3) is 0 Å². The molecule has 0 radical (unpaired) electrons. The van der Waals surface area contributed by atoms with Crippen LogP contribution >= 0.6 is 50.5 Å². The Bertz CT molecular complexity index is 483. The number of rotatable bonds is 4. The number of hydrogen-bond donors (Lipinski definition) is 1. The van der Waals surface area contributed by atoms with Crippen molar-refractivity contribution in [3.05, 3.63) is 25.8 Å². The molecule has 0 bridgehead atoms. The topological polar surface area (TPSA) is 46.2 Å². The van der Waals surface area contributed by atoms with Gasteiger partial charge in [-0.05, 0) is 6.07 Å². The highest BCUT2D eigenvalue weighted by molar-refractivity contribution is 9.11. The molecule has 15 heavy (non-hydrogen) atoms. The van der Waals surface area contributed by atoms with Crippen LogP contribution in [0.2, 0.25) is 8.67 Å². The first-order valence-corrected chi connectivity index (χ1v) is 7.45. The van der Waals surface area contributed by atoms with Gasteiger partial charge in [0, 0.05) is 11.0 Å². The summed E-state index contributed by atoms with van der Waals surface area (Å²) in [5, 5.41) is 0. The number of thiophene rings is 1. The summed E-state index contributed by atoms with van der Waals surface area (Å²) in [6.45, 7) is 3.62. The van der Waals surface area contributed by atoms with Gasteiger partial charge in [0.1, 0.15) is 9.23 Å². The summed E-state index contributed by atoms with van der Waals surface area (Å²) in [7, 11) is -3.61. The van der Waals surface area contributed by atoms with Crippen molar-refractivity contribution < 1.29 is 8.42 Å². The van der Waals surface area contributed by atoms with E-state index in [1.165, 1.54) is 6.07 Å². The van der Waals surface area contributed by atoms with Gasteiger partial charge in [0.15, 0.2) is 0 Å². The van der Waals surface area contributed by atoms with Gasteiger partial charge in [0.05, 0.1) is 4.34 Å². The number of hydrogen-bond acceptors (Lipinski definition) is 3. The number of sulfonamides is 1. The Hall–Kier alpha value is 0.410. The van der Waals surface area contributed by atoms with Crippen molar-refractivity contribution in [3.8, 4) is 0 Å². The smallest absolute Gasteiger partial charge is 0.207 e. The predicted molar refractivity (Wildman–Crippen MR) is 67.6 cm³/mol. The second-order valence-electron chi connectivity index (χ2n) is 2.53. The van der Waals surface area contributed by atoms with E-state index in [1.54, 1.807) is 0 Å². The summed E-state index contributed by atoms with van der Waals surface area (Å²) in [6.07, 6.45) is 0. The third-order valence-corrected chi connectivity index (χ3v) is 4.80. The fourth-order valence-electron chi connectivity index (χ4n) is 0.759. The maximum absolute atomic E-state index is 11.7. The first-order valence-electron chi connectivity index (χ1n) is 3.60. The van der Waals surface area contributed by atoms with Crippen LogP contribution in [-0.2, 0) is 10.0 Å². The van der Waals surface area contributed by atoms with Gasteiger partial charge in [0.25, 0.3) is 0 Å². The van der Waals surface area contributed by atoms with Gasteiger partial charge in [-0.2, -0.15) is 0 Å². The molecule has 0 aliphatic carbocycles. The Labute approximate surface area is 110 Å². The molecule has 1 heterocycles.